The van der Waals surface area contributed by atoms with Crippen LogP contribution in [-0.4, -0.2) is 15.0 Å². The molecule has 0 aliphatic rings. The highest BCUT2D eigenvalue weighted by Gasteiger charge is 2.08. The van der Waals surface area contributed by atoms with Crippen molar-refractivity contribution in [2.45, 2.75) is 5.88 Å². The van der Waals surface area contributed by atoms with E-state index >= 15 is 0 Å². The van der Waals surface area contributed by atoms with Crippen molar-refractivity contribution in [2.24, 2.45) is 0 Å². The Balaban J connectivity index is 2.49. The summed E-state index contributed by atoms with van der Waals surface area (Å²) in [6.07, 6.45) is 1.68. The van der Waals surface area contributed by atoms with Gasteiger partial charge in [0.1, 0.15) is 5.82 Å². The summed E-state index contributed by atoms with van der Waals surface area (Å²) >= 11 is 7.54. The molecule has 0 fully saturated rings. The van der Waals surface area contributed by atoms with Crippen molar-refractivity contribution in [1.29, 1.82) is 0 Å². The first-order valence-electron chi connectivity index (χ1n) is 4.14. The number of benzene rings is 1. The normalized spacial score (nSPS) is 10.6. The van der Waals surface area contributed by atoms with Crippen LogP contribution in [0.25, 0.3) is 5.69 Å². The molecule has 0 radical (unpaired) electrons. The van der Waals surface area contributed by atoms with Crippen LogP contribution in [0.1, 0.15) is 5.69 Å². The van der Waals surface area contributed by atoms with Gasteiger partial charge in [-0.15, -0.1) is 16.7 Å². The lowest BCUT2D eigenvalue weighted by Crippen LogP contribution is -1.99. The van der Waals surface area contributed by atoms with Crippen molar-refractivity contribution in [3.63, 3.8) is 0 Å². The Labute approximate surface area is 104 Å². The number of halogens is 3. The molecule has 0 bridgehead atoms. The molecule has 0 amide bonds. The van der Waals surface area contributed by atoms with Crippen LogP contribution in [0.2, 0.25) is 0 Å². The number of nitrogens with zero attached hydrogens (tertiary/aromatic N) is 3. The average molecular weight is 338 g/mol. The first-order valence-corrected chi connectivity index (χ1v) is 5.75. The Morgan fingerprint density at radius 2 is 2.27 bits per heavy atom. The standard InChI is InChI=1S/C9H6ClFIN3/c10-4-6-5-15(14-13-6)8-3-1-2-7(11)9(8)12/h1-3,5H,4H2. The predicted octanol–water partition coefficient (Wildman–Crippen LogP) is 2.75. The van der Waals surface area contributed by atoms with Gasteiger partial charge in [-0.25, -0.2) is 9.07 Å². The van der Waals surface area contributed by atoms with Crippen molar-refractivity contribution >= 4 is 34.2 Å². The Morgan fingerprint density at radius 3 is 2.93 bits per heavy atom. The second kappa shape index (κ2) is 4.44. The molecule has 78 valence electrons. The molecule has 0 spiro atoms. The lowest BCUT2D eigenvalue weighted by Gasteiger charge is -2.03. The minimum Gasteiger partial charge on any atom is -0.219 e. The van der Waals surface area contributed by atoms with Gasteiger partial charge in [-0.3, -0.25) is 0 Å². The van der Waals surface area contributed by atoms with Crippen LogP contribution in [0.4, 0.5) is 4.39 Å². The zero-order valence-electron chi connectivity index (χ0n) is 7.49. The molecule has 0 aliphatic heterocycles. The maximum absolute atomic E-state index is 13.3. The molecule has 0 saturated carbocycles. The summed E-state index contributed by atoms with van der Waals surface area (Å²) in [4.78, 5) is 0. The molecule has 1 aromatic heterocycles. The highest BCUT2D eigenvalue weighted by atomic mass is 127. The molecule has 15 heavy (non-hydrogen) atoms. The Kier molecular flexibility index (Phi) is 3.20. The number of hydrogen-bond acceptors (Lipinski definition) is 2. The minimum atomic E-state index is -0.268. The van der Waals surface area contributed by atoms with Crippen LogP contribution in [0.15, 0.2) is 24.4 Å². The maximum Gasteiger partial charge on any atom is 0.138 e. The van der Waals surface area contributed by atoms with Crippen molar-refractivity contribution in [1.82, 2.24) is 15.0 Å². The van der Waals surface area contributed by atoms with E-state index in [9.17, 15) is 4.39 Å². The summed E-state index contributed by atoms with van der Waals surface area (Å²) in [5.41, 5.74) is 1.33. The fourth-order valence-electron chi connectivity index (χ4n) is 1.15. The number of rotatable bonds is 2. The second-order valence-corrected chi connectivity index (χ2v) is 4.21. The molecule has 1 heterocycles. The highest BCUT2D eigenvalue weighted by molar-refractivity contribution is 14.1. The molecule has 2 aromatic rings. The van der Waals surface area contributed by atoms with E-state index in [0.29, 0.717) is 20.8 Å². The Hall–Kier alpha value is -0.690. The summed E-state index contributed by atoms with van der Waals surface area (Å²) < 4.78 is 15.3. The molecular weight excluding hydrogens is 331 g/mol. The van der Waals surface area contributed by atoms with Crippen molar-refractivity contribution in [3.8, 4) is 5.69 Å². The minimum absolute atomic E-state index is 0.268. The average Bonchev–Trinajstić information content (AvgIpc) is 2.70. The molecule has 1 aromatic carbocycles. The van der Waals surface area contributed by atoms with Gasteiger partial charge in [-0.1, -0.05) is 11.3 Å². The van der Waals surface area contributed by atoms with Crippen LogP contribution in [0, 0.1) is 9.39 Å². The number of hydrogen-bond donors (Lipinski definition) is 0. The van der Waals surface area contributed by atoms with Crippen LogP contribution in [0.5, 0.6) is 0 Å². The van der Waals surface area contributed by atoms with Crippen LogP contribution < -0.4 is 0 Å². The van der Waals surface area contributed by atoms with Gasteiger partial charge in [0.05, 0.1) is 27.0 Å². The third kappa shape index (κ3) is 2.12. The third-order valence-electron chi connectivity index (χ3n) is 1.86. The molecule has 3 nitrogen and oxygen atoms in total. The summed E-state index contributed by atoms with van der Waals surface area (Å²) in [5.74, 6) is 0.0299. The van der Waals surface area contributed by atoms with E-state index in [-0.39, 0.29) is 5.82 Å². The quantitative estimate of drug-likeness (QED) is 0.623. The Bertz CT molecular complexity index is 486. The van der Waals surface area contributed by atoms with E-state index in [1.165, 1.54) is 10.7 Å². The van der Waals surface area contributed by atoms with Gasteiger partial charge in [0.2, 0.25) is 0 Å². The van der Waals surface area contributed by atoms with Crippen LogP contribution >= 0.6 is 34.2 Å². The molecular formula is C9H6ClFIN3. The van der Waals surface area contributed by atoms with Gasteiger partial charge in [0.25, 0.3) is 0 Å². The first-order chi connectivity index (χ1) is 7.22. The first kappa shape index (κ1) is 10.8. The van der Waals surface area contributed by atoms with Crippen molar-refractivity contribution in [3.05, 3.63) is 39.5 Å². The zero-order chi connectivity index (χ0) is 10.8. The SMILES string of the molecule is Fc1cccc(-n2cc(CCl)nn2)c1I. The molecule has 0 saturated heterocycles. The molecule has 2 rings (SSSR count). The monoisotopic (exact) mass is 337 g/mol. The molecule has 0 N–H and O–H groups in total. The van der Waals surface area contributed by atoms with Crippen LogP contribution in [0.3, 0.4) is 0 Å². The number of alkyl halides is 1. The zero-order valence-corrected chi connectivity index (χ0v) is 10.4. The van der Waals surface area contributed by atoms with Crippen molar-refractivity contribution in [2.75, 3.05) is 0 Å². The van der Waals surface area contributed by atoms with Gasteiger partial charge in [-0.05, 0) is 34.7 Å². The van der Waals surface area contributed by atoms with Gasteiger partial charge in [-0.2, -0.15) is 0 Å². The molecule has 0 atom stereocenters. The van der Waals surface area contributed by atoms with Gasteiger partial charge < -0.3 is 0 Å². The van der Waals surface area contributed by atoms with E-state index in [1.54, 1.807) is 18.3 Å². The molecule has 6 heteroatoms. The summed E-state index contributed by atoms with van der Waals surface area (Å²) in [7, 11) is 0. The smallest absolute Gasteiger partial charge is 0.138 e. The van der Waals surface area contributed by atoms with E-state index in [2.05, 4.69) is 10.3 Å². The summed E-state index contributed by atoms with van der Waals surface area (Å²) in [6.45, 7) is 0. The molecule has 0 aliphatic carbocycles. The summed E-state index contributed by atoms with van der Waals surface area (Å²) in [5, 5.41) is 7.71. The topological polar surface area (TPSA) is 30.7 Å². The van der Waals surface area contributed by atoms with E-state index in [4.69, 9.17) is 11.6 Å². The lowest BCUT2D eigenvalue weighted by atomic mass is 10.3. The van der Waals surface area contributed by atoms with E-state index < -0.39 is 0 Å². The van der Waals surface area contributed by atoms with Gasteiger partial charge >= 0.3 is 0 Å². The van der Waals surface area contributed by atoms with Crippen LogP contribution in [-0.2, 0) is 5.88 Å². The van der Waals surface area contributed by atoms with Gasteiger partial charge in [0.15, 0.2) is 0 Å². The van der Waals surface area contributed by atoms with Crippen molar-refractivity contribution < 1.29 is 4.39 Å². The molecule has 0 unspecified atom stereocenters. The van der Waals surface area contributed by atoms with E-state index in [1.807, 2.05) is 22.6 Å². The third-order valence-corrected chi connectivity index (χ3v) is 3.20. The van der Waals surface area contributed by atoms with E-state index in [0.717, 1.165) is 0 Å². The number of aromatic nitrogens is 3. The maximum atomic E-state index is 13.3. The predicted molar refractivity (Wildman–Crippen MR) is 63.6 cm³/mol. The van der Waals surface area contributed by atoms with Gasteiger partial charge in [0, 0.05) is 0 Å². The fraction of sp³-hybridized carbons (Fsp3) is 0.111. The highest BCUT2D eigenvalue weighted by Crippen LogP contribution is 2.19. The second-order valence-electron chi connectivity index (χ2n) is 2.86. The fourth-order valence-corrected chi connectivity index (χ4v) is 1.88. The Morgan fingerprint density at radius 1 is 1.47 bits per heavy atom. The lowest BCUT2D eigenvalue weighted by molar-refractivity contribution is 0.616. The largest absolute Gasteiger partial charge is 0.219 e. The summed E-state index contributed by atoms with van der Waals surface area (Å²) in [6, 6.07) is 4.82.